The Hall–Kier alpha value is -0.620. The molecule has 0 spiro atoms. The monoisotopic (exact) mass is 276 g/mol. The van der Waals surface area contributed by atoms with Crippen LogP contribution in [0, 0.1) is 0 Å². The maximum atomic E-state index is 12.2. The molecule has 1 fully saturated rings. The molecule has 0 aliphatic carbocycles. The highest BCUT2D eigenvalue weighted by Gasteiger charge is 2.28. The first kappa shape index (κ1) is 15.4. The van der Waals surface area contributed by atoms with Gasteiger partial charge in [-0.15, -0.1) is 0 Å². The summed E-state index contributed by atoms with van der Waals surface area (Å²) in [6.45, 7) is 8.37. The van der Waals surface area contributed by atoms with Gasteiger partial charge in [0, 0.05) is 12.6 Å². The molecule has 1 rings (SSSR count). The number of hydrogen-bond acceptors (Lipinski definition) is 4. The Bertz CT molecular complexity index is 377. The van der Waals surface area contributed by atoms with E-state index in [1.54, 1.807) is 4.90 Å². The zero-order chi connectivity index (χ0) is 13.8. The molecule has 18 heavy (non-hydrogen) atoms. The van der Waals surface area contributed by atoms with Gasteiger partial charge in [0.25, 0.3) is 0 Å². The van der Waals surface area contributed by atoms with Crippen LogP contribution in [0.5, 0.6) is 0 Å². The Morgan fingerprint density at radius 1 is 1.28 bits per heavy atom. The van der Waals surface area contributed by atoms with Crippen LogP contribution in [-0.2, 0) is 14.6 Å². The Morgan fingerprint density at radius 3 is 2.44 bits per heavy atom. The molecule has 106 valence electrons. The average Bonchev–Trinajstić information content (AvgIpc) is 2.46. The van der Waals surface area contributed by atoms with E-state index in [0.717, 1.165) is 13.1 Å². The molecule has 0 unspecified atom stereocenters. The second-order valence-corrected chi connectivity index (χ2v) is 7.14. The van der Waals surface area contributed by atoms with Crippen LogP contribution in [0.1, 0.15) is 27.2 Å². The van der Waals surface area contributed by atoms with Gasteiger partial charge in [-0.25, -0.2) is 8.42 Å². The molecule has 0 aromatic carbocycles. The van der Waals surface area contributed by atoms with Gasteiger partial charge in [0.05, 0.1) is 18.1 Å². The van der Waals surface area contributed by atoms with Crippen molar-refractivity contribution < 1.29 is 13.2 Å². The van der Waals surface area contributed by atoms with Crippen LogP contribution in [-0.4, -0.2) is 67.9 Å². The van der Waals surface area contributed by atoms with Crippen LogP contribution in [0.3, 0.4) is 0 Å². The van der Waals surface area contributed by atoms with Crippen molar-refractivity contribution in [3.05, 3.63) is 0 Å². The van der Waals surface area contributed by atoms with Crippen molar-refractivity contribution in [2.75, 3.05) is 37.7 Å². The standard InChI is InChI=1S/C12H24N2O3S/c1-4-13(5-2)10-12(15)14-7-9-18(16,17)8-6-11(14)3/h11H,4-10H2,1-3H3/t11-/m0/s1. The molecule has 1 aliphatic heterocycles. The van der Waals surface area contributed by atoms with Gasteiger partial charge in [0.2, 0.25) is 5.91 Å². The van der Waals surface area contributed by atoms with E-state index in [9.17, 15) is 13.2 Å². The Labute approximate surface area is 110 Å². The van der Waals surface area contributed by atoms with Gasteiger partial charge in [-0.1, -0.05) is 13.8 Å². The van der Waals surface area contributed by atoms with Crippen molar-refractivity contribution in [2.45, 2.75) is 33.2 Å². The molecule has 0 saturated carbocycles. The highest BCUT2D eigenvalue weighted by Crippen LogP contribution is 2.12. The lowest BCUT2D eigenvalue weighted by Crippen LogP contribution is -2.45. The predicted octanol–water partition coefficient (Wildman–Crippen LogP) is 0.364. The first-order chi connectivity index (χ1) is 8.39. The number of rotatable bonds is 4. The lowest BCUT2D eigenvalue weighted by atomic mass is 10.2. The van der Waals surface area contributed by atoms with Gasteiger partial charge in [0.15, 0.2) is 9.84 Å². The van der Waals surface area contributed by atoms with Gasteiger partial charge < -0.3 is 4.90 Å². The minimum absolute atomic E-state index is 0.0188. The third-order valence-electron chi connectivity index (χ3n) is 3.60. The van der Waals surface area contributed by atoms with Crippen LogP contribution in [0.15, 0.2) is 0 Å². The summed E-state index contributed by atoms with van der Waals surface area (Å²) in [5.41, 5.74) is 0. The molecule has 0 radical (unpaired) electrons. The Balaban J connectivity index is 2.66. The third-order valence-corrected chi connectivity index (χ3v) is 5.26. The molecule has 1 atom stereocenters. The van der Waals surface area contributed by atoms with Crippen LogP contribution in [0.2, 0.25) is 0 Å². The van der Waals surface area contributed by atoms with E-state index < -0.39 is 9.84 Å². The number of nitrogens with zero attached hydrogens (tertiary/aromatic N) is 2. The van der Waals surface area contributed by atoms with Crippen molar-refractivity contribution in [1.29, 1.82) is 0 Å². The first-order valence-electron chi connectivity index (χ1n) is 6.61. The summed E-state index contributed by atoms with van der Waals surface area (Å²) in [5, 5.41) is 0. The van der Waals surface area contributed by atoms with Crippen LogP contribution >= 0.6 is 0 Å². The molecule has 1 heterocycles. The SMILES string of the molecule is CCN(CC)CC(=O)N1CCS(=O)(=O)CC[C@@H]1C. The van der Waals surface area contributed by atoms with E-state index in [-0.39, 0.29) is 23.5 Å². The fraction of sp³-hybridized carbons (Fsp3) is 0.917. The number of hydrogen-bond donors (Lipinski definition) is 0. The smallest absolute Gasteiger partial charge is 0.237 e. The molecule has 1 amide bonds. The molecule has 5 nitrogen and oxygen atoms in total. The molecular formula is C12H24N2O3S. The fourth-order valence-electron chi connectivity index (χ4n) is 2.17. The molecule has 6 heteroatoms. The lowest BCUT2D eigenvalue weighted by molar-refractivity contribution is -0.134. The van der Waals surface area contributed by atoms with E-state index >= 15 is 0 Å². The third kappa shape index (κ3) is 4.24. The zero-order valence-corrected chi connectivity index (χ0v) is 12.4. The van der Waals surface area contributed by atoms with E-state index in [1.807, 2.05) is 20.8 Å². The number of amides is 1. The second-order valence-electron chi connectivity index (χ2n) is 4.84. The molecule has 0 aromatic heterocycles. The topological polar surface area (TPSA) is 57.7 Å². The average molecular weight is 276 g/mol. The number of sulfone groups is 1. The maximum Gasteiger partial charge on any atom is 0.237 e. The maximum absolute atomic E-state index is 12.2. The summed E-state index contributed by atoms with van der Waals surface area (Å²) >= 11 is 0. The molecule has 1 aliphatic rings. The quantitative estimate of drug-likeness (QED) is 0.744. The summed E-state index contributed by atoms with van der Waals surface area (Å²) in [5.74, 6) is 0.341. The van der Waals surface area contributed by atoms with Crippen molar-refractivity contribution >= 4 is 15.7 Å². The summed E-state index contributed by atoms with van der Waals surface area (Å²) in [7, 11) is -2.97. The molecule has 1 saturated heterocycles. The Morgan fingerprint density at radius 2 is 1.89 bits per heavy atom. The summed E-state index contributed by atoms with van der Waals surface area (Å²) in [6.07, 6.45) is 0.548. The number of carbonyl (C=O) groups excluding carboxylic acids is 1. The van der Waals surface area contributed by atoms with E-state index in [1.165, 1.54) is 0 Å². The van der Waals surface area contributed by atoms with Crippen LogP contribution in [0.4, 0.5) is 0 Å². The van der Waals surface area contributed by atoms with Crippen LogP contribution < -0.4 is 0 Å². The predicted molar refractivity (Wildman–Crippen MR) is 72.2 cm³/mol. The summed E-state index contributed by atoms with van der Waals surface area (Å²) in [4.78, 5) is 16.0. The minimum Gasteiger partial charge on any atom is -0.338 e. The molecule has 0 bridgehead atoms. The molecular weight excluding hydrogens is 252 g/mol. The van der Waals surface area contributed by atoms with Crippen molar-refractivity contribution in [3.63, 3.8) is 0 Å². The summed E-state index contributed by atoms with van der Waals surface area (Å²) < 4.78 is 23.1. The Kier molecular flexibility index (Phi) is 5.59. The van der Waals surface area contributed by atoms with E-state index in [4.69, 9.17) is 0 Å². The fourth-order valence-corrected chi connectivity index (χ4v) is 3.54. The normalized spacial score (nSPS) is 24.0. The summed E-state index contributed by atoms with van der Waals surface area (Å²) in [6, 6.07) is 0.0188. The lowest BCUT2D eigenvalue weighted by Gasteiger charge is -2.29. The molecule has 0 N–H and O–H groups in total. The minimum atomic E-state index is -2.97. The second kappa shape index (κ2) is 6.52. The number of carbonyl (C=O) groups is 1. The first-order valence-corrected chi connectivity index (χ1v) is 8.44. The van der Waals surface area contributed by atoms with Crippen LogP contribution in [0.25, 0.3) is 0 Å². The van der Waals surface area contributed by atoms with E-state index in [2.05, 4.69) is 4.90 Å². The van der Waals surface area contributed by atoms with Gasteiger partial charge >= 0.3 is 0 Å². The molecule has 0 aromatic rings. The van der Waals surface area contributed by atoms with E-state index in [0.29, 0.717) is 19.5 Å². The van der Waals surface area contributed by atoms with Crippen molar-refractivity contribution in [2.24, 2.45) is 0 Å². The number of likely N-dealkylation sites (N-methyl/N-ethyl adjacent to an activating group) is 1. The largest absolute Gasteiger partial charge is 0.338 e. The zero-order valence-electron chi connectivity index (χ0n) is 11.6. The van der Waals surface area contributed by atoms with Gasteiger partial charge in [0.1, 0.15) is 0 Å². The van der Waals surface area contributed by atoms with Crippen molar-refractivity contribution in [3.8, 4) is 0 Å². The van der Waals surface area contributed by atoms with Crippen molar-refractivity contribution in [1.82, 2.24) is 9.80 Å². The highest BCUT2D eigenvalue weighted by atomic mass is 32.2. The van der Waals surface area contributed by atoms with Gasteiger partial charge in [-0.3, -0.25) is 9.69 Å². The van der Waals surface area contributed by atoms with Gasteiger partial charge in [-0.2, -0.15) is 0 Å². The van der Waals surface area contributed by atoms with Gasteiger partial charge in [-0.05, 0) is 26.4 Å². The highest BCUT2D eigenvalue weighted by molar-refractivity contribution is 7.91.